The normalized spacial score (nSPS) is 10.1. The summed E-state index contributed by atoms with van der Waals surface area (Å²) in [6.45, 7) is 2.35. The molecule has 0 N–H and O–H groups in total. The van der Waals surface area contributed by atoms with Gasteiger partial charge >= 0.3 is 5.97 Å². The molecular formula is C12H14O4. The van der Waals surface area contributed by atoms with E-state index in [9.17, 15) is 4.79 Å². The Balaban J connectivity index is 2.49. The second-order valence-electron chi connectivity index (χ2n) is 2.85. The number of methoxy groups -OCH3 is 1. The number of esters is 1. The third-order valence-electron chi connectivity index (χ3n) is 1.74. The van der Waals surface area contributed by atoms with E-state index in [0.29, 0.717) is 18.1 Å². The number of ether oxygens (including phenoxy) is 3. The molecule has 0 atom stereocenters. The Morgan fingerprint density at radius 3 is 2.44 bits per heavy atom. The highest BCUT2D eigenvalue weighted by Crippen LogP contribution is 2.17. The van der Waals surface area contributed by atoms with Crippen LogP contribution in [0.25, 0.3) is 0 Å². The maximum atomic E-state index is 11.2. The summed E-state index contributed by atoms with van der Waals surface area (Å²) in [5, 5.41) is 0. The van der Waals surface area contributed by atoms with Crippen molar-refractivity contribution < 1.29 is 19.0 Å². The highest BCUT2D eigenvalue weighted by molar-refractivity contribution is 5.83. The fourth-order valence-corrected chi connectivity index (χ4v) is 0.994. The molecule has 0 fully saturated rings. The summed E-state index contributed by atoms with van der Waals surface area (Å²) >= 11 is 0. The minimum absolute atomic E-state index is 0.465. The van der Waals surface area contributed by atoms with Crippen LogP contribution in [0, 0.1) is 0 Å². The van der Waals surface area contributed by atoms with Gasteiger partial charge in [-0.3, -0.25) is 0 Å². The van der Waals surface area contributed by atoms with Gasteiger partial charge in [0.25, 0.3) is 0 Å². The minimum atomic E-state index is -0.474. The van der Waals surface area contributed by atoms with E-state index < -0.39 is 5.97 Å². The number of rotatable bonds is 5. The van der Waals surface area contributed by atoms with Crippen molar-refractivity contribution in [3.63, 3.8) is 0 Å². The van der Waals surface area contributed by atoms with Crippen molar-refractivity contribution in [2.24, 2.45) is 0 Å². The van der Waals surface area contributed by atoms with E-state index in [1.807, 2.05) is 6.92 Å². The second-order valence-corrected chi connectivity index (χ2v) is 2.85. The van der Waals surface area contributed by atoms with Crippen LogP contribution in [0.4, 0.5) is 0 Å². The Morgan fingerprint density at radius 1 is 1.25 bits per heavy atom. The number of carbonyl (C=O) groups is 1. The molecule has 0 heterocycles. The molecule has 0 saturated heterocycles. The monoisotopic (exact) mass is 222 g/mol. The summed E-state index contributed by atoms with van der Waals surface area (Å²) in [6, 6.07) is 6.75. The molecule has 0 amide bonds. The Kier molecular flexibility index (Phi) is 4.92. The van der Waals surface area contributed by atoms with Crippen LogP contribution in [0.1, 0.15) is 6.92 Å². The first kappa shape index (κ1) is 12.1. The van der Waals surface area contributed by atoms with Crippen molar-refractivity contribution in [2.75, 3.05) is 13.7 Å². The van der Waals surface area contributed by atoms with Crippen LogP contribution < -0.4 is 9.47 Å². The van der Waals surface area contributed by atoms with Crippen LogP contribution in [0.5, 0.6) is 11.5 Å². The molecule has 0 saturated carbocycles. The molecule has 4 nitrogen and oxygen atoms in total. The summed E-state index contributed by atoms with van der Waals surface area (Å²) in [7, 11) is 1.58. The molecule has 0 aliphatic heterocycles. The van der Waals surface area contributed by atoms with E-state index >= 15 is 0 Å². The van der Waals surface area contributed by atoms with E-state index in [0.717, 1.165) is 0 Å². The molecule has 0 unspecified atom stereocenters. The summed E-state index contributed by atoms with van der Waals surface area (Å²) in [5.74, 6) is 0.704. The van der Waals surface area contributed by atoms with Crippen molar-refractivity contribution >= 4 is 5.97 Å². The zero-order valence-electron chi connectivity index (χ0n) is 9.30. The van der Waals surface area contributed by atoms with E-state index in [1.54, 1.807) is 31.4 Å². The van der Waals surface area contributed by atoms with Crippen LogP contribution in [0.2, 0.25) is 0 Å². The number of benzene rings is 1. The summed E-state index contributed by atoms with van der Waals surface area (Å²) in [4.78, 5) is 11.2. The molecule has 0 aliphatic carbocycles. The lowest BCUT2D eigenvalue weighted by molar-refractivity contribution is -0.129. The zero-order valence-corrected chi connectivity index (χ0v) is 9.30. The smallest absolute Gasteiger partial charge is 0.339 e. The zero-order chi connectivity index (χ0) is 11.8. The number of hydrogen-bond acceptors (Lipinski definition) is 4. The van der Waals surface area contributed by atoms with Gasteiger partial charge in [0.05, 0.1) is 26.1 Å². The average Bonchev–Trinajstić information content (AvgIpc) is 2.30. The highest BCUT2D eigenvalue weighted by atomic mass is 16.5. The predicted molar refractivity (Wildman–Crippen MR) is 59.4 cm³/mol. The molecule has 1 rings (SSSR count). The molecule has 0 radical (unpaired) electrons. The summed E-state index contributed by atoms with van der Waals surface area (Å²) in [6.07, 6.45) is 2.54. The first-order chi connectivity index (χ1) is 7.76. The molecule has 4 heteroatoms. The largest absolute Gasteiger partial charge is 0.501 e. The van der Waals surface area contributed by atoms with Crippen LogP contribution in [0.15, 0.2) is 36.6 Å². The third kappa shape index (κ3) is 4.04. The van der Waals surface area contributed by atoms with Gasteiger partial charge in [0, 0.05) is 0 Å². The number of hydrogen-bond donors (Lipinski definition) is 0. The highest BCUT2D eigenvalue weighted by Gasteiger charge is 2.00. The van der Waals surface area contributed by atoms with Gasteiger partial charge in [0.15, 0.2) is 0 Å². The molecule has 1 aromatic carbocycles. The Bertz CT molecular complexity index is 354. The third-order valence-corrected chi connectivity index (χ3v) is 1.74. The Hall–Kier alpha value is -1.97. The van der Waals surface area contributed by atoms with Crippen LogP contribution in [-0.2, 0) is 9.53 Å². The molecule has 0 spiro atoms. The standard InChI is InChI=1S/C12H14O4/c1-3-15-9-8-12(13)16-11-6-4-10(14-2)5-7-11/h4-9H,3H2,1-2H3/b9-8+. The molecule has 16 heavy (non-hydrogen) atoms. The maximum absolute atomic E-state index is 11.2. The van der Waals surface area contributed by atoms with Gasteiger partial charge in [-0.15, -0.1) is 0 Å². The van der Waals surface area contributed by atoms with Gasteiger partial charge in [0.1, 0.15) is 11.5 Å². The van der Waals surface area contributed by atoms with Crippen molar-refractivity contribution in [3.05, 3.63) is 36.6 Å². The first-order valence-corrected chi connectivity index (χ1v) is 4.90. The van der Waals surface area contributed by atoms with Gasteiger partial charge in [0.2, 0.25) is 0 Å². The summed E-state index contributed by atoms with van der Waals surface area (Å²) in [5.41, 5.74) is 0. The lowest BCUT2D eigenvalue weighted by Crippen LogP contribution is -2.03. The Morgan fingerprint density at radius 2 is 1.88 bits per heavy atom. The minimum Gasteiger partial charge on any atom is -0.501 e. The van der Waals surface area contributed by atoms with Crippen molar-refractivity contribution in [1.29, 1.82) is 0 Å². The summed E-state index contributed by atoms with van der Waals surface area (Å²) < 4.78 is 14.9. The second kappa shape index (κ2) is 6.50. The molecule has 0 bridgehead atoms. The average molecular weight is 222 g/mol. The maximum Gasteiger partial charge on any atom is 0.339 e. The quantitative estimate of drug-likeness (QED) is 0.331. The van der Waals surface area contributed by atoms with Crippen molar-refractivity contribution in [3.8, 4) is 11.5 Å². The van der Waals surface area contributed by atoms with Crippen molar-refractivity contribution in [2.45, 2.75) is 6.92 Å². The fourth-order valence-electron chi connectivity index (χ4n) is 0.994. The van der Waals surface area contributed by atoms with Crippen molar-refractivity contribution in [1.82, 2.24) is 0 Å². The SMILES string of the molecule is CCO/C=C/C(=O)Oc1ccc(OC)cc1. The molecule has 86 valence electrons. The molecule has 0 aromatic heterocycles. The van der Waals surface area contributed by atoms with Gasteiger partial charge in [-0.2, -0.15) is 0 Å². The van der Waals surface area contributed by atoms with Crippen LogP contribution in [-0.4, -0.2) is 19.7 Å². The topological polar surface area (TPSA) is 44.8 Å². The van der Waals surface area contributed by atoms with E-state index in [-0.39, 0.29) is 0 Å². The fraction of sp³-hybridized carbons (Fsp3) is 0.250. The van der Waals surface area contributed by atoms with Crippen LogP contribution >= 0.6 is 0 Å². The van der Waals surface area contributed by atoms with Gasteiger partial charge < -0.3 is 14.2 Å². The molecule has 0 aliphatic rings. The predicted octanol–water partition coefficient (Wildman–Crippen LogP) is 2.15. The van der Waals surface area contributed by atoms with Gasteiger partial charge in [-0.25, -0.2) is 4.79 Å². The first-order valence-electron chi connectivity index (χ1n) is 4.90. The van der Waals surface area contributed by atoms with Gasteiger partial charge in [-0.05, 0) is 31.2 Å². The van der Waals surface area contributed by atoms with E-state index in [1.165, 1.54) is 12.3 Å². The molecule has 1 aromatic rings. The van der Waals surface area contributed by atoms with E-state index in [4.69, 9.17) is 14.2 Å². The molecular weight excluding hydrogens is 208 g/mol. The Labute approximate surface area is 94.4 Å². The lowest BCUT2D eigenvalue weighted by atomic mass is 10.3. The number of carbonyl (C=O) groups excluding carboxylic acids is 1. The lowest BCUT2D eigenvalue weighted by Gasteiger charge is -2.02. The van der Waals surface area contributed by atoms with Gasteiger partial charge in [-0.1, -0.05) is 0 Å². The van der Waals surface area contributed by atoms with E-state index in [2.05, 4.69) is 0 Å². The van der Waals surface area contributed by atoms with Crippen LogP contribution in [0.3, 0.4) is 0 Å².